The van der Waals surface area contributed by atoms with E-state index in [-0.39, 0.29) is 5.02 Å². The molecule has 3 rings (SSSR count). The molecule has 0 saturated carbocycles. The molecule has 0 fully saturated rings. The maximum absolute atomic E-state index is 13.1. The minimum absolute atomic E-state index is 0.0969. The first-order valence-corrected chi connectivity index (χ1v) is 6.73. The highest BCUT2D eigenvalue weighted by atomic mass is 35.5. The summed E-state index contributed by atoms with van der Waals surface area (Å²) in [4.78, 5) is 4.09. The SMILES string of the molecule is Fc1ccc(NCc2cn[nH]c2-c2cccnc2)cc1Cl. The van der Waals surface area contributed by atoms with Gasteiger partial charge in [0.2, 0.25) is 0 Å². The third kappa shape index (κ3) is 3.03. The number of benzene rings is 1. The largest absolute Gasteiger partial charge is 0.381 e. The van der Waals surface area contributed by atoms with Gasteiger partial charge in [0.25, 0.3) is 0 Å². The Bertz CT molecular complexity index is 742. The summed E-state index contributed by atoms with van der Waals surface area (Å²) in [6.07, 6.45) is 5.24. The number of nitrogens with zero attached hydrogens (tertiary/aromatic N) is 2. The average Bonchev–Trinajstić information content (AvgIpc) is 2.98. The van der Waals surface area contributed by atoms with Gasteiger partial charge in [-0.3, -0.25) is 10.1 Å². The van der Waals surface area contributed by atoms with E-state index in [1.54, 1.807) is 30.7 Å². The topological polar surface area (TPSA) is 53.6 Å². The highest BCUT2D eigenvalue weighted by molar-refractivity contribution is 6.31. The van der Waals surface area contributed by atoms with Gasteiger partial charge in [-0.2, -0.15) is 5.10 Å². The van der Waals surface area contributed by atoms with Crippen LogP contribution in [0.2, 0.25) is 5.02 Å². The molecule has 3 aromatic rings. The molecule has 0 radical (unpaired) electrons. The molecule has 2 N–H and O–H groups in total. The minimum Gasteiger partial charge on any atom is -0.381 e. The molecule has 1 aromatic carbocycles. The van der Waals surface area contributed by atoms with Crippen LogP contribution >= 0.6 is 11.6 Å². The Kier molecular flexibility index (Phi) is 3.83. The number of aromatic nitrogens is 3. The molecule has 0 saturated heterocycles. The van der Waals surface area contributed by atoms with E-state index in [1.807, 2.05) is 12.1 Å². The van der Waals surface area contributed by atoms with Crippen molar-refractivity contribution in [3.05, 3.63) is 65.3 Å². The summed E-state index contributed by atoms with van der Waals surface area (Å²) in [5.41, 5.74) is 3.61. The lowest BCUT2D eigenvalue weighted by molar-refractivity contribution is 0.628. The fourth-order valence-electron chi connectivity index (χ4n) is 2.01. The molecule has 4 nitrogen and oxygen atoms in total. The predicted octanol–water partition coefficient (Wildman–Crippen LogP) is 3.88. The molecule has 0 spiro atoms. The Morgan fingerprint density at radius 1 is 1.24 bits per heavy atom. The van der Waals surface area contributed by atoms with Crippen molar-refractivity contribution < 1.29 is 4.39 Å². The van der Waals surface area contributed by atoms with Crippen LogP contribution in [0.4, 0.5) is 10.1 Å². The van der Waals surface area contributed by atoms with Gasteiger partial charge in [0.05, 0.1) is 16.9 Å². The van der Waals surface area contributed by atoms with Crippen molar-refractivity contribution in [3.63, 3.8) is 0 Å². The molecule has 106 valence electrons. The Morgan fingerprint density at radius 3 is 2.90 bits per heavy atom. The van der Waals surface area contributed by atoms with Crippen LogP contribution in [-0.4, -0.2) is 15.2 Å². The summed E-state index contributed by atoms with van der Waals surface area (Å²) in [5.74, 6) is -0.429. The number of aromatic amines is 1. The molecule has 0 aliphatic heterocycles. The lowest BCUT2D eigenvalue weighted by Gasteiger charge is -2.07. The van der Waals surface area contributed by atoms with E-state index < -0.39 is 5.82 Å². The second-order valence-electron chi connectivity index (χ2n) is 4.49. The maximum Gasteiger partial charge on any atom is 0.141 e. The number of pyridine rings is 1. The van der Waals surface area contributed by atoms with E-state index in [2.05, 4.69) is 20.5 Å². The molecule has 0 amide bonds. The van der Waals surface area contributed by atoms with Crippen LogP contribution in [0.5, 0.6) is 0 Å². The van der Waals surface area contributed by atoms with Crippen LogP contribution in [-0.2, 0) is 6.54 Å². The number of halogens is 2. The second-order valence-corrected chi connectivity index (χ2v) is 4.90. The molecule has 0 atom stereocenters. The van der Waals surface area contributed by atoms with Gasteiger partial charge in [0.15, 0.2) is 0 Å². The lowest BCUT2D eigenvalue weighted by atomic mass is 10.1. The Labute approximate surface area is 126 Å². The highest BCUT2D eigenvalue weighted by Gasteiger charge is 2.08. The number of nitrogens with one attached hydrogen (secondary N) is 2. The van der Waals surface area contributed by atoms with E-state index in [0.29, 0.717) is 6.54 Å². The van der Waals surface area contributed by atoms with Crippen LogP contribution in [0.3, 0.4) is 0 Å². The molecule has 0 aliphatic carbocycles. The van der Waals surface area contributed by atoms with E-state index in [0.717, 1.165) is 22.5 Å². The Balaban J connectivity index is 1.77. The molecular weight excluding hydrogens is 291 g/mol. The van der Waals surface area contributed by atoms with Gasteiger partial charge in [-0.05, 0) is 30.3 Å². The predicted molar refractivity (Wildman–Crippen MR) is 80.6 cm³/mol. The van der Waals surface area contributed by atoms with Crippen molar-refractivity contribution in [2.24, 2.45) is 0 Å². The third-order valence-electron chi connectivity index (χ3n) is 3.07. The molecule has 2 aromatic heterocycles. The Hall–Kier alpha value is -2.40. The first-order chi connectivity index (χ1) is 10.2. The zero-order valence-electron chi connectivity index (χ0n) is 11.0. The average molecular weight is 303 g/mol. The van der Waals surface area contributed by atoms with Crippen molar-refractivity contribution in [2.45, 2.75) is 6.54 Å². The standard InChI is InChI=1S/C15H12ClFN4/c16-13-6-12(3-4-14(13)17)19-8-11-9-20-21-15(11)10-2-1-5-18-7-10/h1-7,9,19H,8H2,(H,20,21). The molecule has 6 heteroatoms. The van der Waals surface area contributed by atoms with Crippen molar-refractivity contribution in [3.8, 4) is 11.3 Å². The van der Waals surface area contributed by atoms with E-state index in [4.69, 9.17) is 11.6 Å². The minimum atomic E-state index is -0.429. The number of anilines is 1. The summed E-state index contributed by atoms with van der Waals surface area (Å²) < 4.78 is 13.1. The van der Waals surface area contributed by atoms with Crippen LogP contribution in [0, 0.1) is 5.82 Å². The van der Waals surface area contributed by atoms with Gasteiger partial charge in [-0.15, -0.1) is 0 Å². The normalized spacial score (nSPS) is 10.6. The molecule has 0 unspecified atom stereocenters. The van der Waals surface area contributed by atoms with Crippen molar-refractivity contribution in [1.82, 2.24) is 15.2 Å². The van der Waals surface area contributed by atoms with Crippen LogP contribution in [0.1, 0.15) is 5.56 Å². The summed E-state index contributed by atoms with van der Waals surface area (Å²) in [6.45, 7) is 0.544. The number of rotatable bonds is 4. The molecule has 2 heterocycles. The summed E-state index contributed by atoms with van der Waals surface area (Å²) in [5, 5.41) is 10.3. The summed E-state index contributed by atoms with van der Waals surface area (Å²) >= 11 is 5.76. The first-order valence-electron chi connectivity index (χ1n) is 6.35. The fraction of sp³-hybridized carbons (Fsp3) is 0.0667. The molecule has 21 heavy (non-hydrogen) atoms. The van der Waals surface area contributed by atoms with Crippen LogP contribution in [0.15, 0.2) is 48.9 Å². The number of hydrogen-bond donors (Lipinski definition) is 2. The lowest BCUT2D eigenvalue weighted by Crippen LogP contribution is -2.00. The Morgan fingerprint density at radius 2 is 2.14 bits per heavy atom. The summed E-state index contributed by atoms with van der Waals surface area (Å²) in [7, 11) is 0. The van der Waals surface area contributed by atoms with Gasteiger partial charge < -0.3 is 5.32 Å². The quantitative estimate of drug-likeness (QED) is 0.769. The third-order valence-corrected chi connectivity index (χ3v) is 3.36. The fourth-order valence-corrected chi connectivity index (χ4v) is 2.19. The van der Waals surface area contributed by atoms with E-state index in [9.17, 15) is 4.39 Å². The zero-order chi connectivity index (χ0) is 14.7. The van der Waals surface area contributed by atoms with Crippen molar-refractivity contribution in [2.75, 3.05) is 5.32 Å². The number of H-pyrrole nitrogens is 1. The van der Waals surface area contributed by atoms with Gasteiger partial charge in [0.1, 0.15) is 5.82 Å². The van der Waals surface area contributed by atoms with E-state index >= 15 is 0 Å². The maximum atomic E-state index is 13.1. The van der Waals surface area contributed by atoms with Gasteiger partial charge in [-0.1, -0.05) is 11.6 Å². The van der Waals surface area contributed by atoms with Crippen molar-refractivity contribution in [1.29, 1.82) is 0 Å². The molecular formula is C15H12ClFN4. The smallest absolute Gasteiger partial charge is 0.141 e. The molecule has 0 aliphatic rings. The number of hydrogen-bond acceptors (Lipinski definition) is 3. The van der Waals surface area contributed by atoms with Crippen LogP contribution < -0.4 is 5.32 Å². The first kappa shape index (κ1) is 13.6. The highest BCUT2D eigenvalue weighted by Crippen LogP contribution is 2.23. The van der Waals surface area contributed by atoms with Gasteiger partial charge >= 0.3 is 0 Å². The van der Waals surface area contributed by atoms with Gasteiger partial charge in [0, 0.05) is 35.8 Å². The molecule has 0 bridgehead atoms. The van der Waals surface area contributed by atoms with Crippen LogP contribution in [0.25, 0.3) is 11.3 Å². The van der Waals surface area contributed by atoms with E-state index in [1.165, 1.54) is 6.07 Å². The second kappa shape index (κ2) is 5.93. The summed E-state index contributed by atoms with van der Waals surface area (Å²) in [6, 6.07) is 8.36. The van der Waals surface area contributed by atoms with Crippen molar-refractivity contribution >= 4 is 17.3 Å². The van der Waals surface area contributed by atoms with Gasteiger partial charge in [-0.25, -0.2) is 4.39 Å². The zero-order valence-corrected chi connectivity index (χ0v) is 11.7. The monoisotopic (exact) mass is 302 g/mol.